The minimum absolute atomic E-state index is 0. The van der Waals surface area contributed by atoms with Crippen LogP contribution in [0.15, 0.2) is 60.7 Å². The number of benzene rings is 2. The third-order valence-electron chi connectivity index (χ3n) is 4.58. The van der Waals surface area contributed by atoms with Crippen molar-refractivity contribution in [3.63, 3.8) is 0 Å². The minimum atomic E-state index is -0.955. The number of aliphatic hydroxyl groups is 1. The van der Waals surface area contributed by atoms with Gasteiger partial charge >= 0.3 is 5.17 Å². The molecule has 1 unspecified atom stereocenters. The van der Waals surface area contributed by atoms with Crippen molar-refractivity contribution in [2.24, 2.45) is 0 Å². The molecule has 2 aromatic rings. The molecule has 0 aromatic heterocycles. The summed E-state index contributed by atoms with van der Waals surface area (Å²) in [5.74, 6) is 1.13. The van der Waals surface area contributed by atoms with Crippen molar-refractivity contribution < 1.29 is 26.7 Å². The van der Waals surface area contributed by atoms with Gasteiger partial charge in [-0.1, -0.05) is 60.7 Å². The van der Waals surface area contributed by atoms with Crippen LogP contribution in [0.3, 0.4) is 0 Å². The van der Waals surface area contributed by atoms with Crippen LogP contribution < -0.4 is 17.0 Å². The second-order valence-electron chi connectivity index (χ2n) is 6.16. The van der Waals surface area contributed by atoms with Gasteiger partial charge in [-0.2, -0.15) is 0 Å². The van der Waals surface area contributed by atoms with Crippen molar-refractivity contribution in [2.45, 2.75) is 18.7 Å². The van der Waals surface area contributed by atoms with Crippen molar-refractivity contribution in [3.8, 4) is 0 Å². The van der Waals surface area contributed by atoms with Gasteiger partial charge in [0.05, 0.1) is 6.54 Å². The molecular formula is C19H21BrN2OS. The number of rotatable bonds is 3. The van der Waals surface area contributed by atoms with E-state index in [2.05, 4.69) is 33.7 Å². The summed E-state index contributed by atoms with van der Waals surface area (Å²) in [5, 5.41) is 12.8. The Morgan fingerprint density at radius 3 is 2.42 bits per heavy atom. The first-order valence-electron chi connectivity index (χ1n) is 8.11. The van der Waals surface area contributed by atoms with Crippen molar-refractivity contribution in [1.29, 1.82) is 0 Å². The molecule has 1 N–H and O–H groups in total. The molecule has 0 aliphatic carbocycles. The molecule has 5 heteroatoms. The van der Waals surface area contributed by atoms with Crippen LogP contribution in [0.2, 0.25) is 0 Å². The summed E-state index contributed by atoms with van der Waals surface area (Å²) in [6.07, 6.45) is 1.18. The lowest BCUT2D eigenvalue weighted by molar-refractivity contribution is -0.532. The summed E-state index contributed by atoms with van der Waals surface area (Å²) in [4.78, 5) is 2.18. The molecular weight excluding hydrogens is 384 g/mol. The molecule has 0 bridgehead atoms. The van der Waals surface area contributed by atoms with E-state index in [0.29, 0.717) is 6.54 Å². The predicted molar refractivity (Wildman–Crippen MR) is 94.4 cm³/mol. The Kier molecular flexibility index (Phi) is 5.33. The number of hydrogen-bond acceptors (Lipinski definition) is 3. The second-order valence-corrected chi connectivity index (χ2v) is 7.22. The van der Waals surface area contributed by atoms with Crippen molar-refractivity contribution in [1.82, 2.24) is 4.90 Å². The molecule has 0 amide bonds. The highest BCUT2D eigenvalue weighted by atomic mass is 79.9. The van der Waals surface area contributed by atoms with E-state index in [1.165, 1.54) is 17.2 Å². The first-order valence-corrected chi connectivity index (χ1v) is 9.10. The van der Waals surface area contributed by atoms with Crippen LogP contribution in [0.5, 0.6) is 0 Å². The van der Waals surface area contributed by atoms with E-state index in [1.54, 1.807) is 0 Å². The molecule has 3 nitrogen and oxygen atoms in total. The zero-order valence-corrected chi connectivity index (χ0v) is 15.8. The van der Waals surface area contributed by atoms with E-state index in [-0.39, 0.29) is 17.0 Å². The van der Waals surface area contributed by atoms with Gasteiger partial charge in [0, 0.05) is 11.3 Å². The summed E-state index contributed by atoms with van der Waals surface area (Å²) in [7, 11) is 0. The fraction of sp³-hybridized carbons (Fsp3) is 0.316. The van der Waals surface area contributed by atoms with Crippen molar-refractivity contribution in [3.05, 3.63) is 71.8 Å². The second kappa shape index (κ2) is 7.30. The van der Waals surface area contributed by atoms with Gasteiger partial charge in [-0.25, -0.2) is 9.48 Å². The Morgan fingerprint density at radius 1 is 1.04 bits per heavy atom. The first-order chi connectivity index (χ1) is 11.3. The van der Waals surface area contributed by atoms with Gasteiger partial charge in [-0.05, 0) is 23.7 Å². The van der Waals surface area contributed by atoms with Gasteiger partial charge in [0.25, 0.3) is 5.72 Å². The third kappa shape index (κ3) is 3.13. The zero-order valence-electron chi connectivity index (χ0n) is 13.4. The molecule has 24 heavy (non-hydrogen) atoms. The highest BCUT2D eigenvalue weighted by Crippen LogP contribution is 2.37. The Bertz CT molecular complexity index is 723. The molecule has 4 rings (SSSR count). The maximum Gasteiger partial charge on any atom is 0.311 e. The van der Waals surface area contributed by atoms with Gasteiger partial charge in [-0.3, -0.25) is 0 Å². The van der Waals surface area contributed by atoms with Crippen LogP contribution in [0.25, 0.3) is 0 Å². The Labute approximate surface area is 157 Å². The lowest BCUT2D eigenvalue weighted by Crippen LogP contribution is -3.00. The van der Waals surface area contributed by atoms with E-state index in [4.69, 9.17) is 0 Å². The number of nitrogens with zero attached hydrogens (tertiary/aromatic N) is 2. The van der Waals surface area contributed by atoms with Crippen LogP contribution in [0, 0.1) is 0 Å². The van der Waals surface area contributed by atoms with E-state index in [9.17, 15) is 5.11 Å². The first kappa shape index (κ1) is 17.5. The average molecular weight is 405 g/mol. The topological polar surface area (TPSA) is 26.5 Å². The molecule has 1 atom stereocenters. The van der Waals surface area contributed by atoms with E-state index < -0.39 is 5.72 Å². The Morgan fingerprint density at radius 2 is 1.71 bits per heavy atom. The van der Waals surface area contributed by atoms with Crippen LogP contribution in [-0.2, 0) is 12.3 Å². The highest BCUT2D eigenvalue weighted by molar-refractivity contribution is 8.13. The minimum Gasteiger partial charge on any atom is -1.00 e. The molecule has 0 fully saturated rings. The monoisotopic (exact) mass is 404 g/mol. The van der Waals surface area contributed by atoms with E-state index in [0.717, 1.165) is 24.4 Å². The molecule has 0 radical (unpaired) electrons. The summed E-state index contributed by atoms with van der Waals surface area (Å²) >= 11 is 1.87. The lowest BCUT2D eigenvalue weighted by Gasteiger charge is -2.28. The number of thioether (sulfide) groups is 1. The molecule has 0 saturated heterocycles. The molecule has 2 aliphatic rings. The number of hydrogen-bond donors (Lipinski definition) is 1. The molecule has 0 spiro atoms. The molecule has 2 aliphatic heterocycles. The van der Waals surface area contributed by atoms with E-state index in [1.807, 2.05) is 48.2 Å². The normalized spacial score (nSPS) is 23.0. The molecule has 0 saturated carbocycles. The Balaban J connectivity index is 0.00000169. The van der Waals surface area contributed by atoms with Gasteiger partial charge < -0.3 is 22.1 Å². The fourth-order valence-corrected chi connectivity index (χ4v) is 4.59. The fourth-order valence-electron chi connectivity index (χ4n) is 3.43. The maximum absolute atomic E-state index is 11.6. The quantitative estimate of drug-likeness (QED) is 0.721. The standard InChI is InChI=1S/C19H21N2OS.BrH/c22-19(17-10-5-2-6-11-17)15-20-12-7-13-23-18(20)21(19)14-16-8-3-1-4-9-16;/h1-6,8-11,22H,7,12-15H2;1H/q+1;/p-1. The van der Waals surface area contributed by atoms with Crippen LogP contribution in [0.1, 0.15) is 17.5 Å². The summed E-state index contributed by atoms with van der Waals surface area (Å²) in [5.41, 5.74) is 1.24. The van der Waals surface area contributed by atoms with E-state index >= 15 is 0 Å². The van der Waals surface area contributed by atoms with Gasteiger partial charge in [0.2, 0.25) is 0 Å². The lowest BCUT2D eigenvalue weighted by atomic mass is 10.0. The van der Waals surface area contributed by atoms with Gasteiger partial charge in [0.15, 0.2) is 6.54 Å². The maximum atomic E-state index is 11.6. The molecule has 2 aromatic carbocycles. The summed E-state index contributed by atoms with van der Waals surface area (Å²) < 4.78 is 2.34. The van der Waals surface area contributed by atoms with Gasteiger partial charge in [-0.15, -0.1) is 0 Å². The summed E-state index contributed by atoms with van der Waals surface area (Å²) in [6, 6.07) is 20.5. The number of amidine groups is 1. The third-order valence-corrected chi connectivity index (χ3v) is 5.81. The van der Waals surface area contributed by atoms with Gasteiger partial charge in [0.1, 0.15) is 6.54 Å². The van der Waals surface area contributed by atoms with Crippen LogP contribution in [-0.4, -0.2) is 38.6 Å². The van der Waals surface area contributed by atoms with Crippen molar-refractivity contribution in [2.75, 3.05) is 18.8 Å². The highest BCUT2D eigenvalue weighted by Gasteiger charge is 2.53. The molecule has 2 heterocycles. The smallest absolute Gasteiger partial charge is 0.311 e. The number of halogens is 1. The largest absolute Gasteiger partial charge is 1.00 e. The van der Waals surface area contributed by atoms with Crippen molar-refractivity contribution >= 4 is 16.9 Å². The van der Waals surface area contributed by atoms with Crippen LogP contribution in [0.4, 0.5) is 0 Å². The SMILES string of the molecule is OC1(c2ccccc2)C[N+]2=C(SCCC2)N1Cc1ccccc1.[Br-]. The summed E-state index contributed by atoms with van der Waals surface area (Å²) in [6.45, 7) is 2.40. The Hall–Kier alpha value is -1.30. The zero-order chi connectivity index (χ0) is 15.7. The molecule has 126 valence electrons. The average Bonchev–Trinajstić information content (AvgIpc) is 2.90. The van der Waals surface area contributed by atoms with Crippen LogP contribution >= 0.6 is 11.8 Å². The predicted octanol–water partition coefficient (Wildman–Crippen LogP) is -0.143.